The molecule has 4 saturated carbocycles. The number of fused-ring (bicyclic) bond motifs is 1. The lowest BCUT2D eigenvalue weighted by Crippen LogP contribution is -2.38. The third kappa shape index (κ3) is 0.439. The second kappa shape index (κ2) is 1.51. The van der Waals surface area contributed by atoms with Gasteiger partial charge in [0.25, 0.3) is 0 Å². The molecule has 0 aliphatic heterocycles. The summed E-state index contributed by atoms with van der Waals surface area (Å²) < 4.78 is 0. The predicted molar refractivity (Wildman–Crippen MR) is 46.6 cm³/mol. The first kappa shape index (κ1) is 7.11. The Labute approximate surface area is 73.5 Å². The van der Waals surface area contributed by atoms with Crippen molar-refractivity contribution in [2.24, 2.45) is 28.6 Å². The molecule has 0 heterocycles. The largest absolute Gasteiger partial charge is 0.299 e. The molecule has 4 fully saturated rings. The lowest BCUT2D eigenvalue weighted by atomic mass is 9.63. The fraction of sp³-hybridized carbons (Fsp3) is 0.909. The Morgan fingerprint density at radius 1 is 1.33 bits per heavy atom. The highest BCUT2D eigenvalue weighted by molar-refractivity contribution is 5.88. The second-order valence-corrected chi connectivity index (χ2v) is 5.69. The molecule has 4 atom stereocenters. The topological polar surface area (TPSA) is 17.1 Å². The van der Waals surface area contributed by atoms with Gasteiger partial charge in [-0.05, 0) is 29.1 Å². The van der Waals surface area contributed by atoms with Crippen LogP contribution >= 0.6 is 0 Å². The van der Waals surface area contributed by atoms with Gasteiger partial charge in [-0.3, -0.25) is 4.79 Å². The molecule has 0 N–H and O–H groups in total. The van der Waals surface area contributed by atoms with Gasteiger partial charge >= 0.3 is 0 Å². The molecular weight excluding hydrogens is 148 g/mol. The minimum absolute atomic E-state index is 0.396. The van der Waals surface area contributed by atoms with Crippen LogP contribution in [-0.4, -0.2) is 5.78 Å². The first-order chi connectivity index (χ1) is 5.49. The van der Waals surface area contributed by atoms with Crippen LogP contribution in [0.1, 0.15) is 33.6 Å². The zero-order valence-corrected chi connectivity index (χ0v) is 8.05. The lowest BCUT2D eigenvalue weighted by Gasteiger charge is -2.40. The molecule has 0 aromatic heterocycles. The summed E-state index contributed by atoms with van der Waals surface area (Å²) in [6.07, 6.45) is 2.21. The fourth-order valence-corrected chi connectivity index (χ4v) is 4.17. The number of hydrogen-bond acceptors (Lipinski definition) is 1. The molecule has 0 radical (unpaired) electrons. The lowest BCUT2D eigenvalue weighted by molar-refractivity contribution is -0.128. The van der Waals surface area contributed by atoms with Crippen molar-refractivity contribution in [2.75, 3.05) is 0 Å². The van der Waals surface area contributed by atoms with E-state index in [1.807, 2.05) is 0 Å². The Bertz CT molecular complexity index is 279. The van der Waals surface area contributed by atoms with Crippen molar-refractivity contribution in [3.05, 3.63) is 0 Å². The van der Waals surface area contributed by atoms with Crippen LogP contribution < -0.4 is 0 Å². The maximum Gasteiger partial charge on any atom is 0.137 e. The van der Waals surface area contributed by atoms with Gasteiger partial charge in [0.1, 0.15) is 5.78 Å². The van der Waals surface area contributed by atoms with E-state index in [0.29, 0.717) is 28.4 Å². The number of carbonyl (C=O) groups is 1. The van der Waals surface area contributed by atoms with Gasteiger partial charge in [-0.2, -0.15) is 0 Å². The van der Waals surface area contributed by atoms with E-state index >= 15 is 0 Å². The third-order valence-corrected chi connectivity index (χ3v) is 5.45. The van der Waals surface area contributed by atoms with Gasteiger partial charge in [0.2, 0.25) is 0 Å². The quantitative estimate of drug-likeness (QED) is 0.536. The highest BCUT2D eigenvalue weighted by Gasteiger charge is 2.79. The van der Waals surface area contributed by atoms with E-state index in [1.165, 1.54) is 6.42 Å². The van der Waals surface area contributed by atoms with Crippen LogP contribution in [0, 0.1) is 28.6 Å². The van der Waals surface area contributed by atoms with Crippen LogP contribution in [0.2, 0.25) is 0 Å². The molecule has 1 nitrogen and oxygen atoms in total. The van der Waals surface area contributed by atoms with Crippen molar-refractivity contribution in [1.29, 1.82) is 0 Å². The monoisotopic (exact) mass is 164 g/mol. The fourth-order valence-electron chi connectivity index (χ4n) is 4.17. The minimum Gasteiger partial charge on any atom is -0.299 e. The zero-order valence-electron chi connectivity index (χ0n) is 8.05. The number of hydrogen-bond donors (Lipinski definition) is 0. The van der Waals surface area contributed by atoms with Gasteiger partial charge in [0, 0.05) is 12.3 Å². The second-order valence-electron chi connectivity index (χ2n) is 5.69. The van der Waals surface area contributed by atoms with E-state index in [9.17, 15) is 4.79 Å². The highest BCUT2D eigenvalue weighted by Crippen LogP contribution is 2.81. The molecule has 0 spiro atoms. The summed E-state index contributed by atoms with van der Waals surface area (Å²) in [7, 11) is 0. The van der Waals surface area contributed by atoms with Crippen molar-refractivity contribution in [2.45, 2.75) is 33.6 Å². The highest BCUT2D eigenvalue weighted by atomic mass is 16.1. The Morgan fingerprint density at radius 2 is 2.00 bits per heavy atom. The first-order valence-corrected chi connectivity index (χ1v) is 5.02. The van der Waals surface area contributed by atoms with Crippen LogP contribution in [-0.2, 0) is 4.79 Å². The average molecular weight is 164 g/mol. The van der Waals surface area contributed by atoms with E-state index in [-0.39, 0.29) is 0 Å². The van der Waals surface area contributed by atoms with E-state index in [4.69, 9.17) is 0 Å². The summed E-state index contributed by atoms with van der Waals surface area (Å²) in [5.74, 6) is 2.49. The maximum atomic E-state index is 11.6. The summed E-state index contributed by atoms with van der Waals surface area (Å²) in [5.41, 5.74) is 0.837. The molecule has 4 aliphatic rings. The molecule has 0 aromatic rings. The van der Waals surface area contributed by atoms with Crippen LogP contribution in [0.15, 0.2) is 0 Å². The van der Waals surface area contributed by atoms with Crippen molar-refractivity contribution in [3.8, 4) is 0 Å². The van der Waals surface area contributed by atoms with Crippen LogP contribution in [0.3, 0.4) is 0 Å². The maximum absolute atomic E-state index is 11.6. The number of rotatable bonds is 0. The van der Waals surface area contributed by atoms with Gasteiger partial charge < -0.3 is 0 Å². The van der Waals surface area contributed by atoms with E-state index in [2.05, 4.69) is 20.8 Å². The van der Waals surface area contributed by atoms with Crippen LogP contribution in [0.4, 0.5) is 0 Å². The SMILES string of the molecule is CC1(C)C2CC(=O)C3C(C2)C31C. The normalized spacial score (nSPS) is 58.9. The third-order valence-electron chi connectivity index (χ3n) is 5.45. The summed E-state index contributed by atoms with van der Waals surface area (Å²) in [5, 5.41) is 0. The number of Topliss-reactive ketones (excluding diaryl/α,β-unsaturated/α-hetero) is 1. The molecule has 66 valence electrons. The molecule has 1 heteroatoms. The predicted octanol–water partition coefficient (Wildman–Crippen LogP) is 2.26. The van der Waals surface area contributed by atoms with Crippen molar-refractivity contribution >= 4 is 5.78 Å². The van der Waals surface area contributed by atoms with Gasteiger partial charge in [-0.1, -0.05) is 20.8 Å². The molecular formula is C11H16O. The molecule has 4 rings (SSSR count). The van der Waals surface area contributed by atoms with Crippen molar-refractivity contribution < 1.29 is 4.79 Å². The van der Waals surface area contributed by atoms with E-state index in [0.717, 1.165) is 12.3 Å². The zero-order chi connectivity index (χ0) is 8.72. The molecule has 4 aliphatic carbocycles. The van der Waals surface area contributed by atoms with Crippen molar-refractivity contribution in [1.82, 2.24) is 0 Å². The molecule has 4 bridgehead atoms. The number of carbonyl (C=O) groups excluding carboxylic acids is 1. The molecule has 12 heavy (non-hydrogen) atoms. The summed E-state index contributed by atoms with van der Waals surface area (Å²) >= 11 is 0. The Morgan fingerprint density at radius 3 is 2.33 bits per heavy atom. The molecule has 4 unspecified atom stereocenters. The number of ketones is 1. The Kier molecular flexibility index (Phi) is 0.897. The van der Waals surface area contributed by atoms with Gasteiger partial charge in [0.05, 0.1) is 0 Å². The van der Waals surface area contributed by atoms with Gasteiger partial charge in [-0.25, -0.2) is 0 Å². The molecule has 0 amide bonds. The summed E-state index contributed by atoms with van der Waals surface area (Å²) in [4.78, 5) is 11.6. The van der Waals surface area contributed by atoms with Crippen molar-refractivity contribution in [3.63, 3.8) is 0 Å². The van der Waals surface area contributed by atoms with Gasteiger partial charge in [-0.15, -0.1) is 0 Å². The average Bonchev–Trinajstić information content (AvgIpc) is 2.53. The van der Waals surface area contributed by atoms with Gasteiger partial charge in [0.15, 0.2) is 0 Å². The van der Waals surface area contributed by atoms with Crippen LogP contribution in [0.25, 0.3) is 0 Å². The van der Waals surface area contributed by atoms with Crippen LogP contribution in [0.5, 0.6) is 0 Å². The molecule has 0 saturated heterocycles. The first-order valence-electron chi connectivity index (χ1n) is 5.02. The van der Waals surface area contributed by atoms with E-state index < -0.39 is 0 Å². The Balaban J connectivity index is 2.12. The smallest absolute Gasteiger partial charge is 0.137 e. The van der Waals surface area contributed by atoms with E-state index in [1.54, 1.807) is 0 Å². The molecule has 0 aromatic carbocycles. The Hall–Kier alpha value is -0.330. The minimum atomic E-state index is 0.396. The summed E-state index contributed by atoms with van der Waals surface area (Å²) in [6.45, 7) is 7.06. The summed E-state index contributed by atoms with van der Waals surface area (Å²) in [6, 6.07) is 0. The standard InChI is InChI=1S/C11H16O/c1-10(2)6-4-7-9(8(12)5-6)11(7,10)3/h6-7,9H,4-5H2,1-3H3.